The van der Waals surface area contributed by atoms with Crippen LogP contribution < -0.4 is 0 Å². The molecule has 0 aromatic heterocycles. The molecule has 20 heteroatoms. The van der Waals surface area contributed by atoms with E-state index in [9.17, 15) is 24.0 Å². The summed E-state index contributed by atoms with van der Waals surface area (Å²) in [5.41, 5.74) is 0. The van der Waals surface area contributed by atoms with Crippen LogP contribution in [0.2, 0.25) is 0 Å². The van der Waals surface area contributed by atoms with Gasteiger partial charge in [0.2, 0.25) is 12.8 Å². The maximum Gasteiger partial charge on any atom is 0.314 e. The van der Waals surface area contributed by atoms with E-state index in [1.165, 1.54) is 12.3 Å². The van der Waals surface area contributed by atoms with E-state index in [0.29, 0.717) is 18.6 Å². The quantitative estimate of drug-likeness (QED) is 0.0174. The number of carbonyl (C=O) groups excluding carboxylic acids is 1. The number of carboxylic acid groups (broad SMARTS) is 4. The van der Waals surface area contributed by atoms with Gasteiger partial charge in [-0.05, 0) is 38.5 Å². The molecule has 2 aliphatic rings. The van der Waals surface area contributed by atoms with Crippen LogP contribution >= 0.6 is 0 Å². The van der Waals surface area contributed by atoms with Gasteiger partial charge in [-0.2, -0.15) is 10.3 Å². The van der Waals surface area contributed by atoms with Gasteiger partial charge in [0.15, 0.2) is 0 Å². The maximum absolute atomic E-state index is 9.79. The highest BCUT2D eigenvalue weighted by atomic mass is 16.6. The summed E-state index contributed by atoms with van der Waals surface area (Å²) in [5, 5.41) is 71.3. The third kappa shape index (κ3) is 69.1. The van der Waals surface area contributed by atoms with Gasteiger partial charge in [0.05, 0.1) is 26.4 Å². The molecule has 2 heterocycles. The largest absolute Gasteiger partial charge is 0.481 e. The lowest BCUT2D eigenvalue weighted by atomic mass is 10.2. The summed E-state index contributed by atoms with van der Waals surface area (Å²) in [6.45, 7) is 5.23. The van der Waals surface area contributed by atoms with Gasteiger partial charge in [0.1, 0.15) is 18.6 Å². The number of rotatable bonds is 22. The predicted octanol–water partition coefficient (Wildman–Crippen LogP) is -0.641. The number of ether oxygens (including phenoxy) is 5. The molecule has 20 nitrogen and oxygen atoms in total. The fourth-order valence-electron chi connectivity index (χ4n) is 2.10. The first-order valence-corrected chi connectivity index (χ1v) is 14.7. The Morgan fingerprint density at radius 1 is 0.667 bits per heavy atom. The van der Waals surface area contributed by atoms with Crippen molar-refractivity contribution in [3.8, 4) is 6.26 Å². The Bertz CT molecular complexity index is 808. The number of carboxylic acids is 4. The normalized spacial score (nSPS) is 14.1. The topological polar surface area (TPSA) is 336 Å². The molecular weight excluding hydrogens is 652 g/mol. The number of nitrogens with zero attached hydrogens (tertiary/aromatic N) is 2. The van der Waals surface area contributed by atoms with E-state index >= 15 is 0 Å². The molecule has 0 spiro atoms. The van der Waals surface area contributed by atoms with Crippen molar-refractivity contribution in [3.63, 3.8) is 0 Å². The third-order valence-electron chi connectivity index (χ3n) is 4.46. The van der Waals surface area contributed by atoms with Gasteiger partial charge in [-0.15, -0.1) is 0 Å². The second kappa shape index (κ2) is 43.2. The summed E-state index contributed by atoms with van der Waals surface area (Å²) in [7, 11) is 0. The van der Waals surface area contributed by atoms with Crippen LogP contribution in [0.3, 0.4) is 0 Å². The van der Waals surface area contributed by atoms with E-state index in [1.807, 2.05) is 0 Å². The molecule has 2 saturated heterocycles. The van der Waals surface area contributed by atoms with Gasteiger partial charge in [-0.25, -0.2) is 4.79 Å². The number of carbonyl (C=O) groups is 4. The summed E-state index contributed by atoms with van der Waals surface area (Å²) in [6.07, 6.45) is 6.60. The molecule has 0 aromatic carbocycles. The van der Waals surface area contributed by atoms with Crippen LogP contribution in [-0.2, 0) is 47.7 Å². The highest BCUT2D eigenvalue weighted by Gasteiger charge is 2.23. The van der Waals surface area contributed by atoms with Crippen molar-refractivity contribution in [2.24, 2.45) is 4.99 Å². The van der Waals surface area contributed by atoms with Crippen LogP contribution in [0.15, 0.2) is 4.99 Å². The van der Waals surface area contributed by atoms with Gasteiger partial charge in [-0.1, -0.05) is 0 Å². The molecule has 0 aromatic rings. The fourth-order valence-corrected chi connectivity index (χ4v) is 2.10. The number of nitriles is 1. The van der Waals surface area contributed by atoms with Gasteiger partial charge in [0, 0.05) is 52.5 Å². The van der Waals surface area contributed by atoms with Crippen molar-refractivity contribution in [3.05, 3.63) is 0 Å². The molecule has 2 aliphatic heterocycles. The first kappa shape index (κ1) is 51.1. The number of aliphatic hydroxyl groups is 4. The van der Waals surface area contributed by atoms with Crippen molar-refractivity contribution < 1.29 is 88.5 Å². The predicted molar refractivity (Wildman–Crippen MR) is 161 cm³/mol. The van der Waals surface area contributed by atoms with Crippen LogP contribution in [0.4, 0.5) is 0 Å². The van der Waals surface area contributed by atoms with Crippen molar-refractivity contribution in [1.29, 1.82) is 5.26 Å². The van der Waals surface area contributed by atoms with Gasteiger partial charge in [-0.3, -0.25) is 19.2 Å². The Balaban J connectivity index is -0.000000250. The molecule has 48 heavy (non-hydrogen) atoms. The zero-order valence-corrected chi connectivity index (χ0v) is 26.9. The summed E-state index contributed by atoms with van der Waals surface area (Å²) >= 11 is 0. The second-order valence-corrected chi connectivity index (χ2v) is 8.94. The Hall–Kier alpha value is -3.77. The van der Waals surface area contributed by atoms with Crippen molar-refractivity contribution in [2.45, 2.75) is 70.0 Å². The lowest BCUT2D eigenvalue weighted by Gasteiger charge is -2.02. The smallest absolute Gasteiger partial charge is 0.314 e. The summed E-state index contributed by atoms with van der Waals surface area (Å²) in [6, 6.07) is 0. The van der Waals surface area contributed by atoms with Gasteiger partial charge in [0.25, 0.3) is 6.26 Å². The van der Waals surface area contributed by atoms with E-state index in [2.05, 4.69) is 9.73 Å². The first-order valence-electron chi connectivity index (χ1n) is 14.7. The number of aliphatic imine (C=N–C) groups is 1. The first-order chi connectivity index (χ1) is 22.9. The van der Waals surface area contributed by atoms with Crippen LogP contribution in [0.25, 0.3) is 0 Å². The fraction of sp³-hybridized carbons (Fsp3) is 0.786. The standard InChI is InChI=1S/C9H16O4.C5H8O4.C5H12O2.C3H2N2O2.C3H4O4.C3H8O2/c1(2-10-4-8-6-12-8)3-11-5-9-7-13-9;6-4(7)2-1-3-5(8)9;6-4-2-1-3-5-7;4-1-7-3-5-2-6;4-2(5)1-3(6)7;4-2-1-3-5/h8-9H,1-7H2;1-3H2,(H,6,7)(H,8,9);6-7H,1-5H2;3H2;1H2,(H,4,5)(H,6,7);4-5H,1-3H2. The van der Waals surface area contributed by atoms with Crippen molar-refractivity contribution in [2.75, 3.05) is 72.8 Å². The Morgan fingerprint density at radius 2 is 1.08 bits per heavy atom. The number of unbranched alkanes of at least 4 members (excludes halogenated alkanes) is 2. The number of aliphatic carboxylic acids is 4. The second-order valence-electron chi connectivity index (χ2n) is 8.94. The highest BCUT2D eigenvalue weighted by molar-refractivity contribution is 5.88. The van der Waals surface area contributed by atoms with Crippen LogP contribution in [0, 0.1) is 11.5 Å². The lowest BCUT2D eigenvalue weighted by molar-refractivity contribution is -0.147. The monoisotopic (exact) mass is 702 g/mol. The number of aliphatic hydroxyl groups excluding tert-OH is 4. The Morgan fingerprint density at radius 3 is 1.33 bits per heavy atom. The van der Waals surface area contributed by atoms with Crippen LogP contribution in [0.1, 0.15) is 57.8 Å². The molecule has 280 valence electrons. The average molecular weight is 703 g/mol. The molecule has 0 saturated carbocycles. The van der Waals surface area contributed by atoms with Crippen LogP contribution in [-0.4, -0.2) is 156 Å². The van der Waals surface area contributed by atoms with E-state index in [4.69, 9.17) is 65.1 Å². The van der Waals surface area contributed by atoms with E-state index < -0.39 is 30.3 Å². The minimum absolute atomic E-state index is 0.0632. The average Bonchev–Trinajstić information content (AvgIpc) is 3.95. The van der Waals surface area contributed by atoms with Gasteiger partial charge >= 0.3 is 23.9 Å². The highest BCUT2D eigenvalue weighted by Crippen LogP contribution is 2.09. The van der Waals surface area contributed by atoms with E-state index in [1.54, 1.807) is 0 Å². The minimum atomic E-state index is -1.31. The van der Waals surface area contributed by atoms with E-state index in [0.717, 1.165) is 65.3 Å². The molecule has 2 rings (SSSR count). The molecule has 0 amide bonds. The van der Waals surface area contributed by atoms with Crippen molar-refractivity contribution in [1.82, 2.24) is 0 Å². The Labute approximate surface area is 278 Å². The third-order valence-corrected chi connectivity index (χ3v) is 4.46. The molecule has 0 radical (unpaired) electrons. The van der Waals surface area contributed by atoms with Crippen LogP contribution in [0.5, 0.6) is 0 Å². The summed E-state index contributed by atoms with van der Waals surface area (Å²) in [5.74, 6) is -4.52. The summed E-state index contributed by atoms with van der Waals surface area (Å²) in [4.78, 5) is 50.5. The number of epoxide rings is 2. The number of hydrogen-bond acceptors (Lipinski definition) is 16. The molecule has 8 N–H and O–H groups in total. The molecule has 2 atom stereocenters. The minimum Gasteiger partial charge on any atom is -0.481 e. The zero-order chi connectivity index (χ0) is 37.3. The number of isocyanates is 1. The van der Waals surface area contributed by atoms with E-state index in [-0.39, 0.29) is 52.4 Å². The number of hydrogen-bond donors (Lipinski definition) is 8. The zero-order valence-electron chi connectivity index (χ0n) is 26.9. The van der Waals surface area contributed by atoms with Crippen molar-refractivity contribution >= 4 is 30.0 Å². The molecule has 0 bridgehead atoms. The lowest BCUT2D eigenvalue weighted by Crippen LogP contribution is -2.07. The SMILES string of the molecule is C(COCC1CO1)COCC1CO1.N#COCN=C=O.O=C(O)CC(=O)O.O=C(O)CCCC(=O)O.OCCCCCO.OCCCO. The maximum atomic E-state index is 9.79. The molecule has 0 aliphatic carbocycles. The molecular formula is C28H50N2O18. The Kier molecular flexibility index (Phi) is 46.0. The van der Waals surface area contributed by atoms with Gasteiger partial charge < -0.3 is 64.5 Å². The molecule has 2 unspecified atom stereocenters. The molecule has 2 fully saturated rings. The summed E-state index contributed by atoms with van der Waals surface area (Å²) < 4.78 is 24.6.